The highest BCUT2D eigenvalue weighted by molar-refractivity contribution is 7.77. The molecule has 0 aromatic carbocycles. The zero-order valence-corrected chi connectivity index (χ0v) is 7.32. The standard InChI is InChI=1S/C6H6N4O2S/c7-5-4(13(11)12)6-8-2-1-3-10(6)9-5/h1-2H,3H2,(H2,7,9). The molecule has 0 aliphatic carbocycles. The van der Waals surface area contributed by atoms with Crippen molar-refractivity contribution in [3.8, 4) is 0 Å². The van der Waals surface area contributed by atoms with Crippen molar-refractivity contribution in [2.75, 3.05) is 6.54 Å². The van der Waals surface area contributed by atoms with E-state index in [9.17, 15) is 8.42 Å². The van der Waals surface area contributed by atoms with Gasteiger partial charge in [-0.1, -0.05) is 0 Å². The lowest BCUT2D eigenvalue weighted by molar-refractivity contribution is 0.503. The van der Waals surface area contributed by atoms with Crippen molar-refractivity contribution in [1.29, 1.82) is 0 Å². The number of hydrogen-bond acceptors (Lipinski definition) is 6. The van der Waals surface area contributed by atoms with Crippen molar-refractivity contribution in [3.05, 3.63) is 12.3 Å². The van der Waals surface area contributed by atoms with E-state index in [1.54, 1.807) is 6.08 Å². The van der Waals surface area contributed by atoms with E-state index >= 15 is 0 Å². The van der Waals surface area contributed by atoms with Gasteiger partial charge in [-0.15, -0.1) is 0 Å². The van der Waals surface area contributed by atoms with E-state index in [1.807, 2.05) is 0 Å². The fraction of sp³-hybridized carbons (Fsp3) is 0.167. The second-order valence-electron chi connectivity index (χ2n) is 2.47. The molecule has 2 N–H and O–H groups in total. The van der Waals surface area contributed by atoms with Crippen molar-refractivity contribution >= 4 is 26.8 Å². The topological polar surface area (TPSA) is 88.1 Å². The van der Waals surface area contributed by atoms with Crippen LogP contribution in [0.1, 0.15) is 0 Å². The fourth-order valence-corrected chi connectivity index (χ4v) is 1.66. The van der Waals surface area contributed by atoms with Gasteiger partial charge in [0.25, 0.3) is 0 Å². The fourth-order valence-electron chi connectivity index (χ4n) is 1.14. The van der Waals surface area contributed by atoms with Gasteiger partial charge >= 0.3 is 0 Å². The molecule has 7 heteroatoms. The van der Waals surface area contributed by atoms with Gasteiger partial charge in [0.05, 0.1) is 6.54 Å². The molecule has 13 heavy (non-hydrogen) atoms. The lowest BCUT2D eigenvalue weighted by Crippen LogP contribution is -2.32. The van der Waals surface area contributed by atoms with Crippen molar-refractivity contribution in [2.24, 2.45) is 15.8 Å². The smallest absolute Gasteiger partial charge is 0.229 e. The first kappa shape index (κ1) is 7.99. The van der Waals surface area contributed by atoms with Crippen molar-refractivity contribution in [3.63, 3.8) is 0 Å². The number of aliphatic imine (C=N–C) groups is 1. The lowest BCUT2D eigenvalue weighted by atomic mass is 10.3. The Morgan fingerprint density at radius 2 is 2.31 bits per heavy atom. The van der Waals surface area contributed by atoms with Crippen LogP contribution in [0, 0.1) is 0 Å². The van der Waals surface area contributed by atoms with Crippen LogP contribution in [0.3, 0.4) is 0 Å². The molecule has 2 heterocycles. The molecule has 68 valence electrons. The summed E-state index contributed by atoms with van der Waals surface area (Å²) >= 11 is 0. The number of nitrogens with zero attached hydrogens (tertiary/aromatic N) is 3. The van der Waals surface area contributed by atoms with Gasteiger partial charge in [-0.05, 0) is 6.08 Å². The third-order valence-electron chi connectivity index (χ3n) is 1.66. The average molecular weight is 198 g/mol. The third-order valence-corrected chi connectivity index (χ3v) is 2.38. The summed E-state index contributed by atoms with van der Waals surface area (Å²) < 4.78 is 21.5. The van der Waals surface area contributed by atoms with Gasteiger partial charge in [-0.25, -0.2) is 10.0 Å². The quantitative estimate of drug-likeness (QED) is 0.482. The van der Waals surface area contributed by atoms with Gasteiger partial charge in [-0.3, -0.25) is 0 Å². The first-order valence-electron chi connectivity index (χ1n) is 3.51. The van der Waals surface area contributed by atoms with E-state index < -0.39 is 10.3 Å². The number of rotatable bonds is 0. The summed E-state index contributed by atoms with van der Waals surface area (Å²) in [4.78, 5) is 3.86. The summed E-state index contributed by atoms with van der Waals surface area (Å²) in [7, 11) is -2.38. The second-order valence-corrected chi connectivity index (χ2v) is 3.35. The highest BCUT2D eigenvalue weighted by Gasteiger charge is 2.29. The molecule has 0 bridgehead atoms. The predicted octanol–water partition coefficient (Wildman–Crippen LogP) is -1.45. The number of fused-ring (bicyclic) bond motifs is 1. The van der Waals surface area contributed by atoms with Gasteiger partial charge < -0.3 is 5.73 Å². The summed E-state index contributed by atoms with van der Waals surface area (Å²) in [5, 5.41) is 5.27. The van der Waals surface area contributed by atoms with Crippen LogP contribution < -0.4 is 5.73 Å². The first-order chi connectivity index (χ1) is 6.20. The molecule has 0 radical (unpaired) electrons. The van der Waals surface area contributed by atoms with Crippen molar-refractivity contribution in [2.45, 2.75) is 0 Å². The van der Waals surface area contributed by atoms with Crippen LogP contribution in [0.5, 0.6) is 0 Å². The van der Waals surface area contributed by atoms with Crippen molar-refractivity contribution < 1.29 is 8.42 Å². The highest BCUT2D eigenvalue weighted by Crippen LogP contribution is 2.08. The summed E-state index contributed by atoms with van der Waals surface area (Å²) in [6, 6.07) is 0. The van der Waals surface area contributed by atoms with Gasteiger partial charge in [-0.2, -0.15) is 13.5 Å². The summed E-state index contributed by atoms with van der Waals surface area (Å²) in [6.45, 7) is 0.500. The minimum atomic E-state index is -2.38. The van der Waals surface area contributed by atoms with Crippen LogP contribution in [0.4, 0.5) is 0 Å². The summed E-state index contributed by atoms with van der Waals surface area (Å²) in [6.07, 6.45) is 3.30. The van der Waals surface area contributed by atoms with E-state index in [4.69, 9.17) is 5.73 Å². The van der Waals surface area contributed by atoms with Crippen LogP contribution in [0.25, 0.3) is 0 Å². The maximum Gasteiger partial charge on any atom is 0.229 e. The van der Waals surface area contributed by atoms with Gasteiger partial charge in [0.2, 0.25) is 10.3 Å². The normalized spacial score (nSPS) is 19.7. The zero-order valence-electron chi connectivity index (χ0n) is 6.51. The monoisotopic (exact) mass is 198 g/mol. The van der Waals surface area contributed by atoms with E-state index in [2.05, 4.69) is 10.1 Å². The lowest BCUT2D eigenvalue weighted by Gasteiger charge is -2.13. The SMILES string of the molecule is NC1=NN2CC=CN=C2C1=S(=O)=O. The molecule has 0 aromatic rings. The van der Waals surface area contributed by atoms with E-state index in [0.717, 1.165) is 0 Å². The van der Waals surface area contributed by atoms with E-state index in [-0.39, 0.29) is 10.7 Å². The predicted molar refractivity (Wildman–Crippen MR) is 48.8 cm³/mol. The first-order valence-corrected chi connectivity index (χ1v) is 4.59. The Morgan fingerprint density at radius 1 is 1.54 bits per heavy atom. The molecule has 0 saturated heterocycles. The Kier molecular flexibility index (Phi) is 1.66. The van der Waals surface area contributed by atoms with Crippen LogP contribution in [0.15, 0.2) is 22.4 Å². The highest BCUT2D eigenvalue weighted by atomic mass is 32.2. The molecular formula is C6H6N4O2S. The molecule has 0 saturated carbocycles. The van der Waals surface area contributed by atoms with Crippen LogP contribution in [-0.4, -0.2) is 36.5 Å². The third kappa shape index (κ3) is 1.13. The number of amidine groups is 2. The molecule has 6 nitrogen and oxygen atoms in total. The molecule has 2 aliphatic heterocycles. The minimum Gasteiger partial charge on any atom is -0.381 e. The Hall–Kier alpha value is -1.63. The Morgan fingerprint density at radius 3 is 3.00 bits per heavy atom. The molecule has 0 aromatic heterocycles. The van der Waals surface area contributed by atoms with E-state index in [0.29, 0.717) is 12.4 Å². The molecule has 0 unspecified atom stereocenters. The van der Waals surface area contributed by atoms with Gasteiger partial charge in [0, 0.05) is 6.20 Å². The molecule has 0 spiro atoms. The average Bonchev–Trinajstić information content (AvgIpc) is 2.39. The van der Waals surface area contributed by atoms with Gasteiger partial charge in [0.1, 0.15) is 0 Å². The van der Waals surface area contributed by atoms with Crippen LogP contribution in [0.2, 0.25) is 0 Å². The molecule has 2 aliphatic rings. The van der Waals surface area contributed by atoms with Crippen LogP contribution >= 0.6 is 0 Å². The number of hydrazone groups is 1. The Balaban J connectivity index is 2.64. The molecule has 0 fully saturated rings. The van der Waals surface area contributed by atoms with E-state index in [1.165, 1.54) is 11.2 Å². The number of nitrogens with two attached hydrogens (primary N) is 1. The zero-order chi connectivity index (χ0) is 9.42. The molecule has 0 amide bonds. The van der Waals surface area contributed by atoms with Gasteiger partial charge in [0.15, 0.2) is 16.5 Å². The largest absolute Gasteiger partial charge is 0.381 e. The van der Waals surface area contributed by atoms with Crippen molar-refractivity contribution in [1.82, 2.24) is 5.01 Å². The molecule has 2 rings (SSSR count). The summed E-state index contributed by atoms with van der Waals surface area (Å²) in [5.74, 6) is 0.295. The Labute approximate surface area is 75.6 Å². The molecular weight excluding hydrogens is 192 g/mol. The maximum absolute atomic E-state index is 10.7. The molecule has 0 atom stereocenters. The number of hydrogen-bond donors (Lipinski definition) is 1. The Bertz CT molecular complexity index is 463. The second kappa shape index (κ2) is 2.70. The minimum absolute atomic E-state index is 0.00390. The summed E-state index contributed by atoms with van der Waals surface area (Å²) in [5.41, 5.74) is 5.41. The van der Waals surface area contributed by atoms with Crippen LogP contribution in [-0.2, 0) is 10.3 Å². The maximum atomic E-state index is 10.7.